The number of anilines is 1. The highest BCUT2D eigenvalue weighted by atomic mass is 16.5. The lowest BCUT2D eigenvalue weighted by atomic mass is 10.1. The Morgan fingerprint density at radius 2 is 1.69 bits per heavy atom. The number of benzene rings is 2. The van der Waals surface area contributed by atoms with Gasteiger partial charge in [0.15, 0.2) is 23.3 Å². The number of aromatic nitrogens is 3. The van der Waals surface area contributed by atoms with Crippen LogP contribution in [-0.4, -0.2) is 42.1 Å². The molecule has 170 valence electrons. The Kier molecular flexibility index (Phi) is 7.54. The van der Waals surface area contributed by atoms with Crippen LogP contribution >= 0.6 is 0 Å². The maximum absolute atomic E-state index is 5.47. The van der Waals surface area contributed by atoms with Crippen molar-refractivity contribution >= 4 is 11.6 Å². The van der Waals surface area contributed by atoms with E-state index in [9.17, 15) is 0 Å². The van der Waals surface area contributed by atoms with Crippen molar-refractivity contribution < 1.29 is 14.2 Å². The summed E-state index contributed by atoms with van der Waals surface area (Å²) in [4.78, 5) is 4.74. The molecule has 1 unspecified atom stereocenters. The maximum Gasteiger partial charge on any atom is 0.203 e. The molecule has 0 amide bonds. The zero-order chi connectivity index (χ0) is 23.1. The first kappa shape index (κ1) is 22.9. The smallest absolute Gasteiger partial charge is 0.203 e. The van der Waals surface area contributed by atoms with Crippen LogP contribution in [0.25, 0.3) is 0 Å². The van der Waals surface area contributed by atoms with Crippen molar-refractivity contribution in [1.29, 1.82) is 0 Å². The fourth-order valence-corrected chi connectivity index (χ4v) is 3.18. The molecule has 0 aliphatic carbocycles. The van der Waals surface area contributed by atoms with Crippen LogP contribution in [0, 0.1) is 6.92 Å². The highest BCUT2D eigenvalue weighted by molar-refractivity contribution is 5.94. The molecule has 0 radical (unpaired) electrons. The molecule has 3 rings (SSSR count). The molecule has 0 saturated heterocycles. The molecule has 2 N–H and O–H groups in total. The van der Waals surface area contributed by atoms with Crippen molar-refractivity contribution in [3.05, 3.63) is 59.7 Å². The van der Waals surface area contributed by atoms with Gasteiger partial charge in [-0.2, -0.15) is 0 Å². The first-order valence-corrected chi connectivity index (χ1v) is 10.2. The van der Waals surface area contributed by atoms with Crippen molar-refractivity contribution in [3.8, 4) is 17.2 Å². The third kappa shape index (κ3) is 5.29. The largest absolute Gasteiger partial charge is 0.493 e. The van der Waals surface area contributed by atoms with Gasteiger partial charge in [0, 0.05) is 24.9 Å². The molecule has 32 heavy (non-hydrogen) atoms. The first-order valence-electron chi connectivity index (χ1n) is 10.2. The number of hydrogen-bond acceptors (Lipinski definition) is 6. The predicted octanol–water partition coefficient (Wildman–Crippen LogP) is 3.47. The summed E-state index contributed by atoms with van der Waals surface area (Å²) in [6, 6.07) is 13.8. The standard InChI is InChI=1S/C23H30N6O3/c1-15(17-10-8-7-9-11-17)25-23(24-14-21-28-27-16(2)29(21)3)26-18-12-19(30-4)22(32-6)20(13-18)31-5/h7-13,15H,14H2,1-6H3,(H2,24,25,26). The van der Waals surface area contributed by atoms with Crippen molar-refractivity contribution in [3.63, 3.8) is 0 Å². The van der Waals surface area contributed by atoms with E-state index in [1.807, 2.05) is 48.9 Å². The van der Waals surface area contributed by atoms with Crippen molar-refractivity contribution in [2.75, 3.05) is 26.6 Å². The molecule has 0 saturated carbocycles. The summed E-state index contributed by atoms with van der Waals surface area (Å²) in [6.45, 7) is 4.35. The molecule has 0 aliphatic heterocycles. The van der Waals surface area contributed by atoms with Crippen LogP contribution in [0.5, 0.6) is 17.2 Å². The van der Waals surface area contributed by atoms with E-state index in [0.29, 0.717) is 29.8 Å². The Morgan fingerprint density at radius 1 is 1.03 bits per heavy atom. The number of nitrogens with zero attached hydrogens (tertiary/aromatic N) is 4. The number of ether oxygens (including phenoxy) is 3. The fourth-order valence-electron chi connectivity index (χ4n) is 3.18. The van der Waals surface area contributed by atoms with Gasteiger partial charge in [0.2, 0.25) is 5.75 Å². The molecule has 0 fully saturated rings. The third-order valence-electron chi connectivity index (χ3n) is 5.14. The molecule has 0 aliphatic rings. The van der Waals surface area contributed by atoms with Crippen molar-refractivity contribution in [2.24, 2.45) is 12.0 Å². The van der Waals surface area contributed by atoms with E-state index in [0.717, 1.165) is 22.9 Å². The number of aliphatic imine (C=N–C) groups is 1. The lowest BCUT2D eigenvalue weighted by Gasteiger charge is -2.20. The molecular weight excluding hydrogens is 408 g/mol. The van der Waals surface area contributed by atoms with Gasteiger partial charge in [0.25, 0.3) is 0 Å². The molecule has 3 aromatic rings. The molecule has 0 spiro atoms. The van der Waals surface area contributed by atoms with Crippen LogP contribution in [0.2, 0.25) is 0 Å². The second-order valence-corrected chi connectivity index (χ2v) is 7.20. The van der Waals surface area contributed by atoms with Gasteiger partial charge in [-0.25, -0.2) is 4.99 Å². The average molecular weight is 439 g/mol. The van der Waals surface area contributed by atoms with Crippen molar-refractivity contribution in [1.82, 2.24) is 20.1 Å². The normalized spacial score (nSPS) is 12.2. The predicted molar refractivity (Wildman–Crippen MR) is 125 cm³/mol. The summed E-state index contributed by atoms with van der Waals surface area (Å²) in [6.07, 6.45) is 0. The second-order valence-electron chi connectivity index (χ2n) is 7.20. The van der Waals surface area contributed by atoms with Gasteiger partial charge in [0.1, 0.15) is 12.4 Å². The Bertz CT molecular complexity index is 1040. The molecule has 1 aromatic heterocycles. The fraction of sp³-hybridized carbons (Fsp3) is 0.348. The SMILES string of the molecule is COc1cc(NC(=NCc2nnc(C)n2C)NC(C)c2ccccc2)cc(OC)c1OC. The summed E-state index contributed by atoms with van der Waals surface area (Å²) < 4.78 is 18.3. The van der Waals surface area contributed by atoms with Gasteiger partial charge in [0.05, 0.1) is 27.4 Å². The van der Waals surface area contributed by atoms with Crippen LogP contribution in [-0.2, 0) is 13.6 Å². The minimum atomic E-state index is 0.0192. The lowest BCUT2D eigenvalue weighted by Crippen LogP contribution is -2.33. The van der Waals surface area contributed by atoms with Gasteiger partial charge >= 0.3 is 0 Å². The molecule has 0 bridgehead atoms. The number of hydrogen-bond donors (Lipinski definition) is 2. The van der Waals surface area contributed by atoms with E-state index in [2.05, 4.69) is 39.9 Å². The Labute approximate surface area is 188 Å². The van der Waals surface area contributed by atoms with E-state index in [-0.39, 0.29) is 6.04 Å². The summed E-state index contributed by atoms with van der Waals surface area (Å²) in [5.41, 5.74) is 1.88. The summed E-state index contributed by atoms with van der Waals surface area (Å²) in [7, 11) is 6.67. The van der Waals surface area contributed by atoms with Crippen LogP contribution < -0.4 is 24.8 Å². The Morgan fingerprint density at radius 3 is 2.22 bits per heavy atom. The van der Waals surface area contributed by atoms with Gasteiger partial charge in [-0.1, -0.05) is 30.3 Å². The highest BCUT2D eigenvalue weighted by Gasteiger charge is 2.15. The molecule has 1 atom stereocenters. The number of nitrogens with one attached hydrogen (secondary N) is 2. The van der Waals surface area contributed by atoms with Crippen LogP contribution in [0.3, 0.4) is 0 Å². The molecule has 1 heterocycles. The molecule has 2 aromatic carbocycles. The van der Waals surface area contributed by atoms with Crippen molar-refractivity contribution in [2.45, 2.75) is 26.4 Å². The van der Waals surface area contributed by atoms with Crippen LogP contribution in [0.1, 0.15) is 30.2 Å². The first-order chi connectivity index (χ1) is 15.5. The van der Waals surface area contributed by atoms with E-state index in [4.69, 9.17) is 19.2 Å². The van der Waals surface area contributed by atoms with Gasteiger partial charge in [-0.3, -0.25) is 0 Å². The van der Waals surface area contributed by atoms with E-state index in [1.54, 1.807) is 21.3 Å². The lowest BCUT2D eigenvalue weighted by molar-refractivity contribution is 0.324. The van der Waals surface area contributed by atoms with Crippen LogP contribution in [0.15, 0.2) is 47.5 Å². The Hall–Kier alpha value is -3.75. The maximum atomic E-state index is 5.47. The van der Waals surface area contributed by atoms with Gasteiger partial charge in [-0.05, 0) is 19.4 Å². The van der Waals surface area contributed by atoms with E-state index in [1.165, 1.54) is 0 Å². The van der Waals surface area contributed by atoms with E-state index < -0.39 is 0 Å². The van der Waals surface area contributed by atoms with E-state index >= 15 is 0 Å². The summed E-state index contributed by atoms with van der Waals surface area (Å²) in [5, 5.41) is 15.1. The van der Waals surface area contributed by atoms with Gasteiger partial charge < -0.3 is 29.4 Å². The zero-order valence-electron chi connectivity index (χ0n) is 19.3. The molecule has 9 heteroatoms. The summed E-state index contributed by atoms with van der Waals surface area (Å²) >= 11 is 0. The minimum absolute atomic E-state index is 0.0192. The monoisotopic (exact) mass is 438 g/mol. The van der Waals surface area contributed by atoms with Crippen LogP contribution in [0.4, 0.5) is 5.69 Å². The molecule has 9 nitrogen and oxygen atoms in total. The van der Waals surface area contributed by atoms with Gasteiger partial charge in [-0.15, -0.1) is 10.2 Å². The average Bonchev–Trinajstić information content (AvgIpc) is 3.14. The molecular formula is C23H30N6O3. The number of aryl methyl sites for hydroxylation is 1. The number of methoxy groups -OCH3 is 3. The Balaban J connectivity index is 1.91. The number of guanidine groups is 1. The quantitative estimate of drug-likeness (QED) is 0.411. The second kappa shape index (κ2) is 10.5. The minimum Gasteiger partial charge on any atom is -0.493 e. The number of rotatable bonds is 8. The third-order valence-corrected chi connectivity index (χ3v) is 5.14. The summed E-state index contributed by atoms with van der Waals surface area (Å²) in [5.74, 6) is 3.80. The topological polar surface area (TPSA) is 94.8 Å². The zero-order valence-corrected chi connectivity index (χ0v) is 19.3. The highest BCUT2D eigenvalue weighted by Crippen LogP contribution is 2.39.